The Morgan fingerprint density at radius 3 is 2.84 bits per heavy atom. The summed E-state index contributed by atoms with van der Waals surface area (Å²) in [7, 11) is 1.72. The van der Waals surface area contributed by atoms with Gasteiger partial charge in [0.1, 0.15) is 35.6 Å². The van der Waals surface area contributed by atoms with Gasteiger partial charge in [0.15, 0.2) is 5.82 Å². The predicted octanol–water partition coefficient (Wildman–Crippen LogP) is 5.03. The zero-order chi connectivity index (χ0) is 34.7. The van der Waals surface area contributed by atoms with Gasteiger partial charge < -0.3 is 19.6 Å². The Morgan fingerprint density at radius 2 is 2.06 bits per heavy atom. The lowest BCUT2D eigenvalue weighted by Gasteiger charge is -2.35. The normalized spacial score (nSPS) is 25.1. The van der Waals surface area contributed by atoms with Crippen LogP contribution in [0.25, 0.3) is 32.9 Å². The van der Waals surface area contributed by atoms with E-state index >= 15 is 4.39 Å². The van der Waals surface area contributed by atoms with Crippen molar-refractivity contribution in [2.24, 2.45) is 0 Å². The second-order valence-corrected chi connectivity index (χ2v) is 13.6. The van der Waals surface area contributed by atoms with Gasteiger partial charge in [0.05, 0.1) is 28.1 Å². The van der Waals surface area contributed by atoms with Crippen molar-refractivity contribution in [1.29, 1.82) is 0 Å². The van der Waals surface area contributed by atoms with Crippen molar-refractivity contribution in [2.75, 3.05) is 44.7 Å². The molecule has 3 saturated heterocycles. The molecule has 0 aliphatic carbocycles. The summed E-state index contributed by atoms with van der Waals surface area (Å²) >= 11 is 0. The van der Waals surface area contributed by atoms with Crippen LogP contribution in [0.3, 0.4) is 0 Å². The number of pyridine rings is 1. The maximum atomic E-state index is 16.9. The number of terminal acetylenes is 1. The first-order valence-electron chi connectivity index (χ1n) is 16.4. The molecule has 4 aromatic rings. The number of alkyl halides is 1. The molecule has 2 aromatic carbocycles. The van der Waals surface area contributed by atoms with E-state index in [1.165, 1.54) is 18.3 Å². The Balaban J connectivity index is 1.35. The summed E-state index contributed by atoms with van der Waals surface area (Å²) in [5.74, 6) is 0.940. The predicted molar refractivity (Wildman–Crippen MR) is 181 cm³/mol. The van der Waals surface area contributed by atoms with Crippen LogP contribution in [-0.2, 0) is 4.79 Å². The molecule has 1 unspecified atom stereocenters. The zero-order valence-electron chi connectivity index (χ0n) is 27.4. The van der Waals surface area contributed by atoms with Crippen LogP contribution < -0.4 is 9.64 Å². The van der Waals surface area contributed by atoms with Crippen LogP contribution in [0.4, 0.5) is 19.0 Å². The van der Waals surface area contributed by atoms with Crippen LogP contribution in [0, 0.1) is 24.0 Å². The summed E-state index contributed by atoms with van der Waals surface area (Å²) in [5.41, 5.74) is -1.61. The van der Waals surface area contributed by atoms with Crippen molar-refractivity contribution in [1.82, 2.24) is 24.8 Å². The van der Waals surface area contributed by atoms with E-state index in [9.17, 15) is 18.7 Å². The Hall–Kier alpha value is -4.73. The molecule has 4 atom stereocenters. The molecule has 1 N–H and O–H groups in total. The van der Waals surface area contributed by atoms with Crippen LogP contribution in [0.2, 0.25) is 0 Å². The molecule has 3 aliphatic rings. The number of hydrogen-bond acceptors (Lipinski definition) is 8. The highest BCUT2D eigenvalue weighted by atomic mass is 19.1. The number of nitrogens with zero attached hydrogens (tertiary/aromatic N) is 6. The first-order valence-corrected chi connectivity index (χ1v) is 16.4. The Bertz CT molecular complexity index is 2030. The summed E-state index contributed by atoms with van der Waals surface area (Å²) in [6.45, 7) is 6.98. The largest absolute Gasteiger partial charge is 0.461 e. The molecule has 7 rings (SSSR count). The van der Waals surface area contributed by atoms with E-state index in [-0.39, 0.29) is 53.0 Å². The lowest BCUT2D eigenvalue weighted by Crippen LogP contribution is -2.51. The van der Waals surface area contributed by atoms with Gasteiger partial charge in [0.25, 0.3) is 0 Å². The summed E-state index contributed by atoms with van der Waals surface area (Å²) in [6, 6.07) is 7.20. The van der Waals surface area contributed by atoms with Crippen molar-refractivity contribution >= 4 is 33.4 Å². The number of benzene rings is 2. The number of likely N-dealkylation sites (N-methyl/N-ethyl adjacent to an activating group) is 1. The van der Waals surface area contributed by atoms with Crippen LogP contribution in [-0.4, -0.2) is 99.0 Å². The number of rotatable bonds is 8. The standard InChI is InChI=1S/C37H37F3N6O3/c1-5-24-27(39)12-11-22-9-7-10-25(30(22)24)32-31(40)33-26(18-41-32)34(44(4)20-28-36(3,48)14-16-46(28)29(47)6-2)43-35(42-33)49-21-37-13-8-15-45(37)19-23(38)17-37/h1,6-7,9-12,18,23,28,48H,2,8,13-17,19-21H2,3-4H3/t23-,28-,36?,37+/m1/s1. The molecule has 12 heteroatoms. The quantitative estimate of drug-likeness (QED) is 0.206. The average molecular weight is 671 g/mol. The van der Waals surface area contributed by atoms with E-state index in [1.807, 2.05) is 0 Å². The van der Waals surface area contributed by atoms with Gasteiger partial charge in [-0.1, -0.05) is 36.8 Å². The van der Waals surface area contributed by atoms with Gasteiger partial charge in [-0.05, 0) is 50.3 Å². The van der Waals surface area contributed by atoms with Gasteiger partial charge >= 0.3 is 6.01 Å². The molecule has 0 spiro atoms. The highest BCUT2D eigenvalue weighted by Crippen LogP contribution is 2.41. The van der Waals surface area contributed by atoms with Crippen molar-refractivity contribution in [2.45, 2.75) is 56.0 Å². The van der Waals surface area contributed by atoms with Gasteiger partial charge in [-0.15, -0.1) is 6.42 Å². The highest BCUT2D eigenvalue weighted by Gasteiger charge is 2.49. The summed E-state index contributed by atoms with van der Waals surface area (Å²) < 4.78 is 52.4. The van der Waals surface area contributed by atoms with Crippen molar-refractivity contribution < 1.29 is 27.8 Å². The van der Waals surface area contributed by atoms with E-state index in [0.717, 1.165) is 19.4 Å². The maximum absolute atomic E-state index is 16.9. The highest BCUT2D eigenvalue weighted by molar-refractivity contribution is 6.02. The molecular formula is C37H37F3N6O3. The molecule has 0 saturated carbocycles. The van der Waals surface area contributed by atoms with Gasteiger partial charge in [0.2, 0.25) is 5.91 Å². The van der Waals surface area contributed by atoms with E-state index in [0.29, 0.717) is 42.3 Å². The number of aromatic nitrogens is 3. The van der Waals surface area contributed by atoms with Gasteiger partial charge in [-0.3, -0.25) is 14.7 Å². The monoisotopic (exact) mass is 670 g/mol. The van der Waals surface area contributed by atoms with Gasteiger partial charge in [-0.25, -0.2) is 13.2 Å². The number of halogens is 3. The van der Waals surface area contributed by atoms with Gasteiger partial charge in [-0.2, -0.15) is 9.97 Å². The smallest absolute Gasteiger partial charge is 0.319 e. The number of amides is 1. The lowest BCUT2D eigenvalue weighted by molar-refractivity contribution is -0.128. The molecule has 3 fully saturated rings. The Morgan fingerprint density at radius 1 is 1.24 bits per heavy atom. The third kappa shape index (κ3) is 5.55. The van der Waals surface area contributed by atoms with Crippen LogP contribution in [0.5, 0.6) is 6.01 Å². The molecule has 1 amide bonds. The number of likely N-dealkylation sites (tertiary alicyclic amines) is 1. The third-order valence-corrected chi connectivity index (χ3v) is 10.5. The van der Waals surface area contributed by atoms with Crippen molar-refractivity contribution in [3.8, 4) is 29.6 Å². The third-order valence-electron chi connectivity index (χ3n) is 10.5. The molecule has 2 aromatic heterocycles. The first-order chi connectivity index (χ1) is 23.5. The van der Waals surface area contributed by atoms with E-state index in [2.05, 4.69) is 27.4 Å². The number of anilines is 1. The fraction of sp³-hybridized carbons (Fsp3) is 0.405. The topological polar surface area (TPSA) is 94.9 Å². The Kier molecular flexibility index (Phi) is 8.24. The minimum absolute atomic E-state index is 0.00752. The van der Waals surface area contributed by atoms with Gasteiger partial charge in [0, 0.05) is 50.2 Å². The number of carbonyl (C=O) groups excluding carboxylic acids is 1. The van der Waals surface area contributed by atoms with Crippen LogP contribution in [0.1, 0.15) is 38.2 Å². The summed E-state index contributed by atoms with van der Waals surface area (Å²) in [4.78, 5) is 31.8. The molecule has 0 bridgehead atoms. The van der Waals surface area contributed by atoms with Crippen molar-refractivity contribution in [3.05, 3.63) is 66.4 Å². The molecule has 9 nitrogen and oxygen atoms in total. The minimum Gasteiger partial charge on any atom is -0.461 e. The summed E-state index contributed by atoms with van der Waals surface area (Å²) in [5, 5.41) is 12.5. The molecule has 3 aliphatic heterocycles. The number of fused-ring (bicyclic) bond motifs is 3. The maximum Gasteiger partial charge on any atom is 0.319 e. The summed E-state index contributed by atoms with van der Waals surface area (Å²) in [6.07, 6.45) is 9.75. The Labute approximate surface area is 282 Å². The number of hydrogen-bond donors (Lipinski definition) is 1. The van der Waals surface area contributed by atoms with E-state index in [4.69, 9.17) is 16.1 Å². The fourth-order valence-corrected chi connectivity index (χ4v) is 7.93. The molecular weight excluding hydrogens is 633 g/mol. The minimum atomic E-state index is -1.21. The van der Waals surface area contributed by atoms with E-state index < -0.39 is 35.0 Å². The number of ether oxygens (including phenoxy) is 1. The molecule has 49 heavy (non-hydrogen) atoms. The molecule has 0 radical (unpaired) electrons. The first kappa shape index (κ1) is 32.8. The SMILES string of the molecule is C#Cc1c(F)ccc2cccc(-c3ncc4c(N(C)C[C@H]5N(C(=O)C=C)CCC5(C)O)nc(OC[C@@]56CCCN5C[C@H](F)C6)nc4c3F)c12. The van der Waals surface area contributed by atoms with Crippen molar-refractivity contribution in [3.63, 3.8) is 0 Å². The van der Waals surface area contributed by atoms with Crippen LogP contribution in [0.15, 0.2) is 49.2 Å². The molecule has 254 valence electrons. The number of aliphatic hydroxyl groups is 1. The fourth-order valence-electron chi connectivity index (χ4n) is 7.93. The molecule has 5 heterocycles. The van der Waals surface area contributed by atoms with E-state index in [1.54, 1.807) is 48.0 Å². The van der Waals surface area contributed by atoms with Crippen LogP contribution >= 0.6 is 0 Å². The lowest BCUT2D eigenvalue weighted by atomic mass is 9.95. The number of carbonyl (C=O) groups is 1. The second-order valence-electron chi connectivity index (χ2n) is 13.6. The zero-order valence-corrected chi connectivity index (χ0v) is 27.4. The second kappa shape index (κ2) is 12.3. The average Bonchev–Trinajstić information content (AvgIpc) is 3.71.